The van der Waals surface area contributed by atoms with Crippen LogP contribution in [0.25, 0.3) is 0 Å². The molecule has 0 aromatic rings. The molecule has 0 saturated carbocycles. The SMILES string of the molecule is C=C(C)C(=O)OC1(OC)CCC[Si](OC)(OC)O1. The minimum atomic E-state index is -2.82. The van der Waals surface area contributed by atoms with Crippen molar-refractivity contribution in [1.29, 1.82) is 0 Å². The molecule has 0 radical (unpaired) electrons. The average Bonchev–Trinajstić information content (AvgIpc) is 2.38. The van der Waals surface area contributed by atoms with Gasteiger partial charge in [-0.2, -0.15) is 0 Å². The lowest BCUT2D eigenvalue weighted by atomic mass is 10.3. The number of rotatable bonds is 5. The highest BCUT2D eigenvalue weighted by Gasteiger charge is 2.54. The summed E-state index contributed by atoms with van der Waals surface area (Å²) < 4.78 is 26.8. The van der Waals surface area contributed by atoms with E-state index in [9.17, 15) is 4.79 Å². The number of hydrogen-bond donors (Lipinski definition) is 0. The lowest BCUT2D eigenvalue weighted by Crippen LogP contribution is -2.57. The molecule has 1 aliphatic heterocycles. The summed E-state index contributed by atoms with van der Waals surface area (Å²) in [6.45, 7) is 5.09. The number of esters is 1. The standard InChI is InChI=1S/C11H20O6Si/c1-9(2)10(12)16-11(13-3)7-6-8-18(14-4,15-5)17-11/h1,6-8H2,2-5H3. The fourth-order valence-corrected chi connectivity index (χ4v) is 3.87. The van der Waals surface area contributed by atoms with Crippen LogP contribution in [0, 0.1) is 0 Å². The Hall–Kier alpha value is -0.733. The summed E-state index contributed by atoms with van der Waals surface area (Å²) in [4.78, 5) is 11.6. The van der Waals surface area contributed by atoms with Crippen molar-refractivity contribution >= 4 is 14.8 Å². The van der Waals surface area contributed by atoms with Gasteiger partial charge in [-0.05, 0) is 13.3 Å². The van der Waals surface area contributed by atoms with Crippen LogP contribution in [0.2, 0.25) is 6.04 Å². The zero-order chi connectivity index (χ0) is 13.8. The molecule has 0 aromatic heterocycles. The molecule has 0 aromatic carbocycles. The Morgan fingerprint density at radius 1 is 1.33 bits per heavy atom. The first-order valence-electron chi connectivity index (χ1n) is 5.67. The molecule has 1 atom stereocenters. The zero-order valence-electron chi connectivity index (χ0n) is 11.3. The van der Waals surface area contributed by atoms with E-state index in [1.165, 1.54) is 21.3 Å². The van der Waals surface area contributed by atoms with E-state index in [2.05, 4.69) is 6.58 Å². The second kappa shape index (κ2) is 5.94. The van der Waals surface area contributed by atoms with Gasteiger partial charge in [0.25, 0.3) is 0 Å². The van der Waals surface area contributed by atoms with Crippen molar-refractivity contribution in [3.05, 3.63) is 12.2 Å². The molecular formula is C11H20O6Si. The quantitative estimate of drug-likeness (QED) is 0.328. The molecule has 18 heavy (non-hydrogen) atoms. The van der Waals surface area contributed by atoms with Crippen LogP contribution in [0.3, 0.4) is 0 Å². The molecule has 1 unspecified atom stereocenters. The van der Waals surface area contributed by atoms with Crippen molar-refractivity contribution in [2.75, 3.05) is 21.3 Å². The second-order valence-corrected chi connectivity index (χ2v) is 6.99. The largest absolute Gasteiger partial charge is 0.505 e. The highest BCUT2D eigenvalue weighted by Crippen LogP contribution is 2.36. The lowest BCUT2D eigenvalue weighted by molar-refractivity contribution is -0.338. The summed E-state index contributed by atoms with van der Waals surface area (Å²) in [5.74, 6) is -2.00. The van der Waals surface area contributed by atoms with Crippen molar-refractivity contribution < 1.29 is 27.5 Å². The maximum atomic E-state index is 11.6. The van der Waals surface area contributed by atoms with Crippen molar-refractivity contribution in [2.45, 2.75) is 31.8 Å². The van der Waals surface area contributed by atoms with Crippen molar-refractivity contribution in [3.8, 4) is 0 Å². The van der Waals surface area contributed by atoms with Gasteiger partial charge in [0.1, 0.15) is 0 Å². The van der Waals surface area contributed by atoms with E-state index in [0.717, 1.165) is 6.42 Å². The van der Waals surface area contributed by atoms with Gasteiger partial charge in [0.15, 0.2) is 0 Å². The minimum Gasteiger partial charge on any atom is -0.405 e. The molecule has 0 bridgehead atoms. The van der Waals surface area contributed by atoms with Crippen LogP contribution in [0.4, 0.5) is 0 Å². The van der Waals surface area contributed by atoms with E-state index in [-0.39, 0.29) is 5.57 Å². The Bertz CT molecular complexity index is 327. The number of ether oxygens (including phenoxy) is 2. The first-order chi connectivity index (χ1) is 8.42. The summed E-state index contributed by atoms with van der Waals surface area (Å²) in [6.07, 6.45) is 1.16. The molecule has 0 aliphatic carbocycles. The molecule has 1 heterocycles. The van der Waals surface area contributed by atoms with Gasteiger partial charge in [0, 0.05) is 39.4 Å². The number of carbonyl (C=O) groups is 1. The maximum absolute atomic E-state index is 11.6. The van der Waals surface area contributed by atoms with Crippen LogP contribution >= 0.6 is 0 Å². The van der Waals surface area contributed by atoms with Gasteiger partial charge < -0.3 is 22.8 Å². The number of hydrogen-bond acceptors (Lipinski definition) is 6. The average molecular weight is 276 g/mol. The summed E-state index contributed by atoms with van der Waals surface area (Å²) in [5.41, 5.74) is 0.280. The molecule has 6 nitrogen and oxygen atoms in total. The third kappa shape index (κ3) is 3.18. The van der Waals surface area contributed by atoms with Gasteiger partial charge in [0.2, 0.25) is 0 Å². The van der Waals surface area contributed by atoms with Gasteiger partial charge in [-0.3, -0.25) is 0 Å². The maximum Gasteiger partial charge on any atom is 0.505 e. The molecule has 7 heteroatoms. The molecule has 104 valence electrons. The first-order valence-corrected chi connectivity index (χ1v) is 7.60. The lowest BCUT2D eigenvalue weighted by Gasteiger charge is -2.41. The Morgan fingerprint density at radius 2 is 1.94 bits per heavy atom. The van der Waals surface area contributed by atoms with Gasteiger partial charge >= 0.3 is 20.7 Å². The Kier molecular flexibility index (Phi) is 5.06. The second-order valence-electron chi connectivity index (χ2n) is 4.10. The van der Waals surface area contributed by atoms with E-state index >= 15 is 0 Å². The van der Waals surface area contributed by atoms with Crippen molar-refractivity contribution in [3.63, 3.8) is 0 Å². The van der Waals surface area contributed by atoms with Gasteiger partial charge in [-0.25, -0.2) is 4.79 Å². The van der Waals surface area contributed by atoms with Crippen LogP contribution in [-0.4, -0.2) is 42.1 Å². The molecule has 1 fully saturated rings. The summed E-state index contributed by atoms with van der Waals surface area (Å²) in [7, 11) is 1.63. The predicted molar refractivity (Wildman–Crippen MR) is 65.5 cm³/mol. The Morgan fingerprint density at radius 3 is 2.39 bits per heavy atom. The van der Waals surface area contributed by atoms with E-state index in [1.54, 1.807) is 6.92 Å². The smallest absolute Gasteiger partial charge is 0.405 e. The van der Waals surface area contributed by atoms with Crippen LogP contribution in [0.5, 0.6) is 0 Å². The van der Waals surface area contributed by atoms with E-state index in [4.69, 9.17) is 22.8 Å². The normalized spacial score (nSPS) is 26.7. The van der Waals surface area contributed by atoms with E-state index in [1.807, 2.05) is 0 Å². The Labute approximate surface area is 108 Å². The highest BCUT2D eigenvalue weighted by atomic mass is 28.4. The number of carbonyl (C=O) groups excluding carboxylic acids is 1. The highest BCUT2D eigenvalue weighted by molar-refractivity contribution is 6.60. The molecule has 0 amide bonds. The van der Waals surface area contributed by atoms with E-state index in [0.29, 0.717) is 12.5 Å². The van der Waals surface area contributed by atoms with Gasteiger partial charge in [-0.15, -0.1) is 0 Å². The van der Waals surface area contributed by atoms with Crippen molar-refractivity contribution in [2.24, 2.45) is 0 Å². The van der Waals surface area contributed by atoms with Gasteiger partial charge in [0.05, 0.1) is 0 Å². The molecule has 1 rings (SSSR count). The molecule has 1 saturated heterocycles. The monoisotopic (exact) mass is 276 g/mol. The van der Waals surface area contributed by atoms with Crippen LogP contribution < -0.4 is 0 Å². The van der Waals surface area contributed by atoms with Crippen LogP contribution in [0.15, 0.2) is 12.2 Å². The topological polar surface area (TPSA) is 63.2 Å². The molecular weight excluding hydrogens is 256 g/mol. The van der Waals surface area contributed by atoms with Gasteiger partial charge in [-0.1, -0.05) is 6.58 Å². The Balaban J connectivity index is 2.87. The molecule has 0 spiro atoms. The third-order valence-corrected chi connectivity index (χ3v) is 5.64. The van der Waals surface area contributed by atoms with Crippen LogP contribution in [0.1, 0.15) is 19.8 Å². The minimum absolute atomic E-state index is 0.280. The first kappa shape index (κ1) is 15.3. The fraction of sp³-hybridized carbons (Fsp3) is 0.727. The van der Waals surface area contributed by atoms with Crippen LogP contribution in [-0.2, 0) is 27.5 Å². The number of methoxy groups -OCH3 is 1. The fourth-order valence-electron chi connectivity index (χ4n) is 1.72. The zero-order valence-corrected chi connectivity index (χ0v) is 12.3. The summed E-state index contributed by atoms with van der Waals surface area (Å²) in [5, 5.41) is 0. The predicted octanol–water partition coefficient (Wildman–Crippen LogP) is 1.45. The third-order valence-electron chi connectivity index (χ3n) is 2.81. The van der Waals surface area contributed by atoms with Crippen molar-refractivity contribution in [1.82, 2.24) is 0 Å². The summed E-state index contributed by atoms with van der Waals surface area (Å²) in [6, 6.07) is 0.662. The van der Waals surface area contributed by atoms with E-state index < -0.39 is 20.7 Å². The molecule has 0 N–H and O–H groups in total. The summed E-state index contributed by atoms with van der Waals surface area (Å²) >= 11 is 0. The molecule has 1 aliphatic rings.